The molecule has 0 saturated carbocycles. The van der Waals surface area contributed by atoms with Gasteiger partial charge in [0.1, 0.15) is 0 Å². The van der Waals surface area contributed by atoms with Crippen LogP contribution in [0.4, 0.5) is 8.78 Å². The molecule has 0 heterocycles. The maximum Gasteiger partial charge on any atom is 0.165 e. The number of rotatable bonds is 5. The van der Waals surface area contributed by atoms with Gasteiger partial charge in [-0.15, -0.1) is 0 Å². The first-order valence-corrected chi connectivity index (χ1v) is 6.24. The molecule has 1 unspecified atom stereocenters. The highest BCUT2D eigenvalue weighted by atomic mass is 19.2. The van der Waals surface area contributed by atoms with E-state index in [1.165, 1.54) is 20.3 Å². The van der Waals surface area contributed by atoms with Gasteiger partial charge in [0.05, 0.1) is 20.3 Å². The van der Waals surface area contributed by atoms with Crippen LogP contribution in [0, 0.1) is 11.6 Å². The number of nitrogens with one attached hydrogen (secondary N) is 1. The van der Waals surface area contributed by atoms with Crippen molar-refractivity contribution >= 4 is 0 Å². The zero-order chi connectivity index (χ0) is 15.4. The van der Waals surface area contributed by atoms with E-state index in [1.807, 2.05) is 0 Å². The maximum atomic E-state index is 13.4. The van der Waals surface area contributed by atoms with Crippen LogP contribution in [0.15, 0.2) is 36.4 Å². The fourth-order valence-electron chi connectivity index (χ4n) is 2.20. The van der Waals surface area contributed by atoms with Crippen LogP contribution in [-0.4, -0.2) is 14.2 Å². The van der Waals surface area contributed by atoms with E-state index in [-0.39, 0.29) is 0 Å². The lowest BCUT2D eigenvalue weighted by atomic mass is 9.98. The highest BCUT2D eigenvalue weighted by Crippen LogP contribution is 2.37. The first-order chi connectivity index (χ1) is 10.1. The number of benzene rings is 2. The second kappa shape index (κ2) is 6.51. The van der Waals surface area contributed by atoms with Crippen LogP contribution in [-0.2, 0) is 0 Å². The van der Waals surface area contributed by atoms with Crippen LogP contribution < -0.4 is 20.7 Å². The van der Waals surface area contributed by atoms with Gasteiger partial charge in [-0.2, -0.15) is 0 Å². The summed E-state index contributed by atoms with van der Waals surface area (Å²) >= 11 is 0. The van der Waals surface area contributed by atoms with Gasteiger partial charge in [-0.1, -0.05) is 18.2 Å². The molecule has 0 bridgehead atoms. The molecule has 6 heteroatoms. The van der Waals surface area contributed by atoms with E-state index in [4.69, 9.17) is 15.3 Å². The molecule has 0 radical (unpaired) electrons. The lowest BCUT2D eigenvalue weighted by Gasteiger charge is -2.21. The average Bonchev–Trinajstić information content (AvgIpc) is 2.51. The van der Waals surface area contributed by atoms with E-state index in [9.17, 15) is 8.78 Å². The number of para-hydroxylation sites is 1. The number of hydrogen-bond donors (Lipinski definition) is 2. The molecule has 0 aliphatic heterocycles. The highest BCUT2D eigenvalue weighted by Gasteiger charge is 2.20. The lowest BCUT2D eigenvalue weighted by molar-refractivity contribution is 0.349. The molecule has 1 atom stereocenters. The van der Waals surface area contributed by atoms with Gasteiger partial charge in [0.25, 0.3) is 0 Å². The molecule has 21 heavy (non-hydrogen) atoms. The summed E-state index contributed by atoms with van der Waals surface area (Å²) in [5, 5.41) is 0. The minimum atomic E-state index is -0.936. The number of halogens is 2. The van der Waals surface area contributed by atoms with Crippen molar-refractivity contribution in [3.63, 3.8) is 0 Å². The smallest absolute Gasteiger partial charge is 0.165 e. The fraction of sp³-hybridized carbons (Fsp3) is 0.200. The lowest BCUT2D eigenvalue weighted by Crippen LogP contribution is -2.29. The number of hydrogen-bond acceptors (Lipinski definition) is 4. The molecule has 2 aromatic rings. The van der Waals surface area contributed by atoms with Gasteiger partial charge >= 0.3 is 0 Å². The van der Waals surface area contributed by atoms with Gasteiger partial charge in [0.15, 0.2) is 23.1 Å². The van der Waals surface area contributed by atoms with Crippen molar-refractivity contribution in [2.75, 3.05) is 14.2 Å². The number of nitrogens with two attached hydrogens (primary N) is 1. The zero-order valence-corrected chi connectivity index (χ0v) is 11.7. The summed E-state index contributed by atoms with van der Waals surface area (Å²) in [4.78, 5) is 0. The summed E-state index contributed by atoms with van der Waals surface area (Å²) in [6, 6.07) is 8.32. The quantitative estimate of drug-likeness (QED) is 0.657. The topological polar surface area (TPSA) is 56.5 Å². The van der Waals surface area contributed by atoms with Crippen LogP contribution >= 0.6 is 0 Å². The Morgan fingerprint density at radius 2 is 1.81 bits per heavy atom. The Hall–Kier alpha value is -2.18. The van der Waals surface area contributed by atoms with Crippen LogP contribution in [0.2, 0.25) is 0 Å². The van der Waals surface area contributed by atoms with E-state index >= 15 is 0 Å². The fourth-order valence-corrected chi connectivity index (χ4v) is 2.20. The predicted molar refractivity (Wildman–Crippen MR) is 75.1 cm³/mol. The van der Waals surface area contributed by atoms with Gasteiger partial charge in [-0.3, -0.25) is 5.84 Å². The summed E-state index contributed by atoms with van der Waals surface area (Å²) in [5.41, 5.74) is 3.72. The summed E-state index contributed by atoms with van der Waals surface area (Å²) in [5.74, 6) is 4.74. The second-order valence-corrected chi connectivity index (χ2v) is 4.36. The molecule has 0 saturated heterocycles. The molecule has 0 aliphatic carbocycles. The highest BCUT2D eigenvalue weighted by molar-refractivity contribution is 5.50. The van der Waals surface area contributed by atoms with Gasteiger partial charge in [-0.05, 0) is 23.8 Å². The molecule has 0 aromatic heterocycles. The monoisotopic (exact) mass is 294 g/mol. The predicted octanol–water partition coefficient (Wildman–Crippen LogP) is 2.53. The molecule has 112 valence electrons. The molecule has 0 amide bonds. The number of ether oxygens (including phenoxy) is 2. The first-order valence-electron chi connectivity index (χ1n) is 6.24. The van der Waals surface area contributed by atoms with Gasteiger partial charge in [0.2, 0.25) is 0 Å². The average molecular weight is 294 g/mol. The molecule has 3 N–H and O–H groups in total. The van der Waals surface area contributed by atoms with E-state index in [2.05, 4.69) is 5.43 Å². The second-order valence-electron chi connectivity index (χ2n) is 4.36. The molecular formula is C15H16F2N2O2. The van der Waals surface area contributed by atoms with E-state index in [0.717, 1.165) is 12.1 Å². The van der Waals surface area contributed by atoms with Crippen molar-refractivity contribution in [1.82, 2.24) is 5.43 Å². The minimum Gasteiger partial charge on any atom is -0.493 e. The van der Waals surface area contributed by atoms with Gasteiger partial charge in [-0.25, -0.2) is 14.2 Å². The van der Waals surface area contributed by atoms with Crippen molar-refractivity contribution in [1.29, 1.82) is 0 Å². The molecule has 2 aromatic carbocycles. The zero-order valence-electron chi connectivity index (χ0n) is 11.7. The number of methoxy groups -OCH3 is 2. The largest absolute Gasteiger partial charge is 0.493 e. The Morgan fingerprint density at radius 1 is 1.05 bits per heavy atom. The standard InChI is InChI=1S/C15H16F2N2O2/c1-20-13-5-3-4-10(15(13)21-2)14(19-18)9-6-7-11(16)12(17)8-9/h3-8,14,19H,18H2,1-2H3. The third-order valence-electron chi connectivity index (χ3n) is 3.19. The van der Waals surface area contributed by atoms with Crippen molar-refractivity contribution < 1.29 is 18.3 Å². The van der Waals surface area contributed by atoms with Crippen LogP contribution in [0.25, 0.3) is 0 Å². The van der Waals surface area contributed by atoms with E-state index in [0.29, 0.717) is 22.6 Å². The normalized spacial score (nSPS) is 12.0. The molecule has 0 spiro atoms. The Balaban J connectivity index is 2.53. The van der Waals surface area contributed by atoms with E-state index < -0.39 is 17.7 Å². The Bertz CT molecular complexity index is 635. The van der Waals surface area contributed by atoms with E-state index in [1.54, 1.807) is 18.2 Å². The van der Waals surface area contributed by atoms with Crippen molar-refractivity contribution in [2.24, 2.45) is 5.84 Å². The van der Waals surface area contributed by atoms with Crippen LogP contribution in [0.5, 0.6) is 11.5 Å². The Kier molecular flexibility index (Phi) is 4.72. The summed E-state index contributed by atoms with van der Waals surface area (Å²) in [6.07, 6.45) is 0. The number of hydrazine groups is 1. The first kappa shape index (κ1) is 15.2. The van der Waals surface area contributed by atoms with Crippen LogP contribution in [0.1, 0.15) is 17.2 Å². The maximum absolute atomic E-state index is 13.4. The third-order valence-corrected chi connectivity index (χ3v) is 3.19. The van der Waals surface area contributed by atoms with Crippen molar-refractivity contribution in [3.05, 3.63) is 59.2 Å². The summed E-state index contributed by atoms with van der Waals surface area (Å²) in [7, 11) is 3.02. The Labute approximate surface area is 121 Å². The SMILES string of the molecule is COc1cccc(C(NN)c2ccc(F)c(F)c2)c1OC. The third kappa shape index (κ3) is 2.96. The van der Waals surface area contributed by atoms with Crippen molar-refractivity contribution in [3.8, 4) is 11.5 Å². The summed E-state index contributed by atoms with van der Waals surface area (Å²) in [6.45, 7) is 0. The molecule has 0 aliphatic rings. The summed E-state index contributed by atoms with van der Waals surface area (Å²) < 4.78 is 37.0. The molecule has 0 fully saturated rings. The molecular weight excluding hydrogens is 278 g/mol. The molecule has 4 nitrogen and oxygen atoms in total. The van der Waals surface area contributed by atoms with Crippen molar-refractivity contribution in [2.45, 2.75) is 6.04 Å². The van der Waals surface area contributed by atoms with Gasteiger partial charge < -0.3 is 9.47 Å². The van der Waals surface area contributed by atoms with Crippen LogP contribution in [0.3, 0.4) is 0 Å². The minimum absolute atomic E-state index is 0.475. The van der Waals surface area contributed by atoms with Gasteiger partial charge in [0, 0.05) is 5.56 Å². The Morgan fingerprint density at radius 3 is 2.38 bits per heavy atom. The molecule has 2 rings (SSSR count).